The SMILES string of the molecule is COC(=O)c1ccc(CN(CCCc2ccccc2)Cc2ccc(CN)cc2)cc1. The van der Waals surface area contributed by atoms with Crippen molar-refractivity contribution in [3.8, 4) is 0 Å². The topological polar surface area (TPSA) is 55.6 Å². The van der Waals surface area contributed by atoms with E-state index >= 15 is 0 Å². The average molecular weight is 403 g/mol. The fourth-order valence-corrected chi connectivity index (χ4v) is 3.53. The van der Waals surface area contributed by atoms with Crippen LogP contribution < -0.4 is 5.73 Å². The summed E-state index contributed by atoms with van der Waals surface area (Å²) >= 11 is 0. The van der Waals surface area contributed by atoms with Crippen molar-refractivity contribution in [2.24, 2.45) is 5.73 Å². The molecule has 0 aliphatic carbocycles. The molecule has 0 bridgehead atoms. The smallest absolute Gasteiger partial charge is 0.337 e. The van der Waals surface area contributed by atoms with Gasteiger partial charge in [-0.15, -0.1) is 0 Å². The van der Waals surface area contributed by atoms with Gasteiger partial charge in [0.1, 0.15) is 0 Å². The Hall–Kier alpha value is -2.95. The van der Waals surface area contributed by atoms with Crippen molar-refractivity contribution in [1.82, 2.24) is 4.90 Å². The maximum atomic E-state index is 11.7. The molecule has 0 fully saturated rings. The molecule has 0 aliphatic heterocycles. The molecule has 0 heterocycles. The highest BCUT2D eigenvalue weighted by Gasteiger charge is 2.10. The largest absolute Gasteiger partial charge is 0.465 e. The number of methoxy groups -OCH3 is 1. The molecular weight excluding hydrogens is 372 g/mol. The van der Waals surface area contributed by atoms with Crippen LogP contribution in [0.1, 0.15) is 39.0 Å². The van der Waals surface area contributed by atoms with Crippen molar-refractivity contribution >= 4 is 5.97 Å². The van der Waals surface area contributed by atoms with E-state index in [1.165, 1.54) is 23.8 Å². The molecule has 3 aromatic carbocycles. The monoisotopic (exact) mass is 402 g/mol. The number of aryl methyl sites for hydroxylation is 1. The van der Waals surface area contributed by atoms with Gasteiger partial charge in [-0.2, -0.15) is 0 Å². The third-order valence-electron chi connectivity index (χ3n) is 5.23. The number of rotatable bonds is 10. The summed E-state index contributed by atoms with van der Waals surface area (Å²) in [4.78, 5) is 14.1. The number of nitrogens with zero attached hydrogens (tertiary/aromatic N) is 1. The molecule has 0 aromatic heterocycles. The van der Waals surface area contributed by atoms with Crippen LogP contribution in [0.4, 0.5) is 0 Å². The van der Waals surface area contributed by atoms with Crippen LogP contribution >= 0.6 is 0 Å². The number of benzene rings is 3. The fraction of sp³-hybridized carbons (Fsp3) is 0.269. The van der Waals surface area contributed by atoms with Crippen molar-refractivity contribution in [3.63, 3.8) is 0 Å². The minimum absolute atomic E-state index is 0.304. The van der Waals surface area contributed by atoms with Gasteiger partial charge < -0.3 is 10.5 Å². The second kappa shape index (κ2) is 11.3. The van der Waals surface area contributed by atoms with Gasteiger partial charge >= 0.3 is 5.97 Å². The molecule has 0 aliphatic rings. The number of nitrogens with two attached hydrogens (primary N) is 1. The minimum Gasteiger partial charge on any atom is -0.465 e. The average Bonchev–Trinajstić information content (AvgIpc) is 2.80. The van der Waals surface area contributed by atoms with Crippen LogP contribution in [0.5, 0.6) is 0 Å². The summed E-state index contributed by atoms with van der Waals surface area (Å²) in [5.41, 5.74) is 11.3. The van der Waals surface area contributed by atoms with E-state index in [2.05, 4.69) is 59.5 Å². The van der Waals surface area contributed by atoms with Crippen LogP contribution in [0.3, 0.4) is 0 Å². The van der Waals surface area contributed by atoms with Gasteiger partial charge in [0.15, 0.2) is 0 Å². The first-order valence-corrected chi connectivity index (χ1v) is 10.4. The summed E-state index contributed by atoms with van der Waals surface area (Å²) in [6.07, 6.45) is 2.15. The fourth-order valence-electron chi connectivity index (χ4n) is 3.53. The van der Waals surface area contributed by atoms with Crippen molar-refractivity contribution in [1.29, 1.82) is 0 Å². The minimum atomic E-state index is -0.304. The Morgan fingerprint density at radius 3 is 1.93 bits per heavy atom. The molecule has 0 unspecified atom stereocenters. The standard InChI is InChI=1S/C26H30N2O2/c1-30-26(29)25-15-13-24(14-16-25)20-28(17-5-8-21-6-3-2-4-7-21)19-23-11-9-22(18-27)10-12-23/h2-4,6-7,9-16H,5,8,17-20,27H2,1H3. The lowest BCUT2D eigenvalue weighted by Crippen LogP contribution is -2.24. The molecule has 3 rings (SSSR count). The Labute approximate surface area is 179 Å². The third-order valence-corrected chi connectivity index (χ3v) is 5.23. The van der Waals surface area contributed by atoms with Gasteiger partial charge in [-0.1, -0.05) is 66.7 Å². The summed E-state index contributed by atoms with van der Waals surface area (Å²) in [6, 6.07) is 26.8. The van der Waals surface area contributed by atoms with E-state index < -0.39 is 0 Å². The zero-order chi connectivity index (χ0) is 21.2. The first-order chi connectivity index (χ1) is 14.7. The molecule has 0 atom stereocenters. The van der Waals surface area contributed by atoms with Crippen LogP contribution in [-0.2, 0) is 30.8 Å². The zero-order valence-electron chi connectivity index (χ0n) is 17.6. The Morgan fingerprint density at radius 1 is 0.800 bits per heavy atom. The Bertz CT molecular complexity index is 906. The van der Waals surface area contributed by atoms with Gasteiger partial charge in [0.2, 0.25) is 0 Å². The van der Waals surface area contributed by atoms with E-state index in [0.29, 0.717) is 12.1 Å². The number of hydrogen-bond donors (Lipinski definition) is 1. The van der Waals surface area contributed by atoms with Gasteiger partial charge in [-0.3, -0.25) is 4.90 Å². The quantitative estimate of drug-likeness (QED) is 0.505. The Balaban J connectivity index is 1.66. The molecular formula is C26H30N2O2. The van der Waals surface area contributed by atoms with Crippen molar-refractivity contribution in [3.05, 3.63) is 107 Å². The predicted octanol–water partition coefficient (Wildman–Crippen LogP) is 4.57. The molecule has 0 saturated carbocycles. The number of ether oxygens (including phenoxy) is 1. The Morgan fingerprint density at radius 2 is 1.37 bits per heavy atom. The molecule has 156 valence electrons. The number of esters is 1. The molecule has 4 heteroatoms. The number of carbonyl (C=O) groups excluding carboxylic acids is 1. The van der Waals surface area contributed by atoms with E-state index in [1.54, 1.807) is 0 Å². The van der Waals surface area contributed by atoms with Crippen LogP contribution in [-0.4, -0.2) is 24.5 Å². The summed E-state index contributed by atoms with van der Waals surface area (Å²) in [6.45, 7) is 3.26. The van der Waals surface area contributed by atoms with Gasteiger partial charge in [-0.25, -0.2) is 4.79 Å². The maximum Gasteiger partial charge on any atom is 0.337 e. The van der Waals surface area contributed by atoms with Crippen molar-refractivity contribution in [2.45, 2.75) is 32.5 Å². The summed E-state index contributed by atoms with van der Waals surface area (Å²) in [7, 11) is 1.40. The van der Waals surface area contributed by atoms with E-state index in [9.17, 15) is 4.79 Å². The number of carbonyl (C=O) groups is 1. The Kier molecular flexibility index (Phi) is 8.19. The van der Waals surface area contributed by atoms with E-state index in [0.717, 1.165) is 38.0 Å². The lowest BCUT2D eigenvalue weighted by Gasteiger charge is -2.23. The summed E-state index contributed by atoms with van der Waals surface area (Å²) in [5.74, 6) is -0.304. The van der Waals surface area contributed by atoms with Crippen molar-refractivity contribution < 1.29 is 9.53 Å². The third kappa shape index (κ3) is 6.55. The highest BCUT2D eigenvalue weighted by molar-refractivity contribution is 5.89. The maximum absolute atomic E-state index is 11.7. The lowest BCUT2D eigenvalue weighted by molar-refractivity contribution is 0.0600. The second-order valence-corrected chi connectivity index (χ2v) is 7.51. The second-order valence-electron chi connectivity index (χ2n) is 7.51. The van der Waals surface area contributed by atoms with E-state index in [4.69, 9.17) is 10.5 Å². The predicted molar refractivity (Wildman–Crippen MR) is 121 cm³/mol. The van der Waals surface area contributed by atoms with E-state index in [-0.39, 0.29) is 5.97 Å². The normalized spacial score (nSPS) is 10.9. The van der Waals surface area contributed by atoms with Crippen LogP contribution in [0.2, 0.25) is 0 Å². The first-order valence-electron chi connectivity index (χ1n) is 10.4. The molecule has 0 amide bonds. The highest BCUT2D eigenvalue weighted by atomic mass is 16.5. The van der Waals surface area contributed by atoms with Crippen LogP contribution in [0.15, 0.2) is 78.9 Å². The molecule has 3 aromatic rings. The molecule has 2 N–H and O–H groups in total. The molecule has 0 saturated heterocycles. The van der Waals surface area contributed by atoms with Crippen LogP contribution in [0, 0.1) is 0 Å². The van der Waals surface area contributed by atoms with E-state index in [1.807, 2.05) is 24.3 Å². The van der Waals surface area contributed by atoms with Gasteiger partial charge in [0.05, 0.1) is 12.7 Å². The molecule has 30 heavy (non-hydrogen) atoms. The number of hydrogen-bond acceptors (Lipinski definition) is 4. The molecule has 4 nitrogen and oxygen atoms in total. The zero-order valence-corrected chi connectivity index (χ0v) is 17.6. The lowest BCUT2D eigenvalue weighted by atomic mass is 10.1. The summed E-state index contributed by atoms with van der Waals surface area (Å²) in [5, 5.41) is 0. The highest BCUT2D eigenvalue weighted by Crippen LogP contribution is 2.14. The van der Waals surface area contributed by atoms with Crippen molar-refractivity contribution in [2.75, 3.05) is 13.7 Å². The summed E-state index contributed by atoms with van der Waals surface area (Å²) < 4.78 is 4.79. The first kappa shape index (κ1) is 21.8. The van der Waals surface area contributed by atoms with Gasteiger partial charge in [0, 0.05) is 19.6 Å². The van der Waals surface area contributed by atoms with Gasteiger partial charge in [0.25, 0.3) is 0 Å². The molecule has 0 spiro atoms. The van der Waals surface area contributed by atoms with Gasteiger partial charge in [-0.05, 0) is 53.8 Å². The molecule has 0 radical (unpaired) electrons. The van der Waals surface area contributed by atoms with Crippen LogP contribution in [0.25, 0.3) is 0 Å².